The molecule has 0 aromatic carbocycles. The molecular formula is C14H20N2O2S. The molecule has 0 fully saturated rings. The van der Waals surface area contributed by atoms with Crippen molar-refractivity contribution in [3.8, 4) is 6.07 Å². The molecule has 0 radical (unpaired) electrons. The second-order valence-electron chi connectivity index (χ2n) is 5.39. The van der Waals surface area contributed by atoms with E-state index >= 15 is 0 Å². The van der Waals surface area contributed by atoms with Crippen LogP contribution in [0.1, 0.15) is 48.8 Å². The Morgan fingerprint density at radius 2 is 2.32 bits per heavy atom. The van der Waals surface area contributed by atoms with Crippen molar-refractivity contribution in [3.05, 3.63) is 21.9 Å². The lowest BCUT2D eigenvalue weighted by Gasteiger charge is -2.24. The zero-order valence-electron chi connectivity index (χ0n) is 11.6. The predicted molar refractivity (Wildman–Crippen MR) is 76.1 cm³/mol. The van der Waals surface area contributed by atoms with Crippen molar-refractivity contribution in [3.63, 3.8) is 0 Å². The van der Waals surface area contributed by atoms with E-state index in [1.165, 1.54) is 11.3 Å². The first-order valence-corrected chi connectivity index (χ1v) is 7.22. The van der Waals surface area contributed by atoms with Gasteiger partial charge in [-0.05, 0) is 37.1 Å². The van der Waals surface area contributed by atoms with Crippen LogP contribution in [0.15, 0.2) is 11.4 Å². The van der Waals surface area contributed by atoms with Gasteiger partial charge in [-0.15, -0.1) is 11.3 Å². The average Bonchev–Trinajstić information content (AvgIpc) is 2.82. The van der Waals surface area contributed by atoms with E-state index < -0.39 is 5.60 Å². The van der Waals surface area contributed by atoms with Crippen molar-refractivity contribution in [1.82, 2.24) is 5.32 Å². The molecule has 5 heteroatoms. The monoisotopic (exact) mass is 280 g/mol. The molecule has 104 valence electrons. The summed E-state index contributed by atoms with van der Waals surface area (Å²) in [6, 6.07) is 3.60. The van der Waals surface area contributed by atoms with Crippen LogP contribution in [0.4, 0.5) is 0 Å². The summed E-state index contributed by atoms with van der Waals surface area (Å²) in [7, 11) is 0. The molecule has 0 saturated carbocycles. The minimum absolute atomic E-state index is 0.196. The van der Waals surface area contributed by atoms with Gasteiger partial charge in [-0.25, -0.2) is 0 Å². The molecule has 1 aromatic rings. The Kier molecular flexibility index (Phi) is 5.52. The number of nitrogens with zero attached hydrogens (tertiary/aromatic N) is 1. The van der Waals surface area contributed by atoms with Gasteiger partial charge < -0.3 is 10.4 Å². The molecule has 4 nitrogen and oxygen atoms in total. The number of hydrogen-bond donors (Lipinski definition) is 2. The molecule has 1 unspecified atom stereocenters. The maximum atomic E-state index is 11.9. The zero-order valence-corrected chi connectivity index (χ0v) is 12.4. The summed E-state index contributed by atoms with van der Waals surface area (Å²) in [6.45, 7) is 6.11. The number of nitrogens with one attached hydrogen (secondary N) is 1. The SMILES string of the molecule is CC(C)CCC(C)(O)CNC(=O)c1sccc1C#N. The molecule has 19 heavy (non-hydrogen) atoms. The van der Waals surface area contributed by atoms with Crippen LogP contribution in [0.5, 0.6) is 0 Å². The lowest BCUT2D eigenvalue weighted by atomic mass is 9.95. The van der Waals surface area contributed by atoms with Crippen LogP contribution in [0.3, 0.4) is 0 Å². The van der Waals surface area contributed by atoms with Gasteiger partial charge in [-0.1, -0.05) is 13.8 Å². The number of nitriles is 1. The van der Waals surface area contributed by atoms with E-state index in [0.29, 0.717) is 22.8 Å². The van der Waals surface area contributed by atoms with Gasteiger partial charge in [0.1, 0.15) is 10.9 Å². The van der Waals surface area contributed by atoms with E-state index in [0.717, 1.165) is 6.42 Å². The summed E-state index contributed by atoms with van der Waals surface area (Å²) in [4.78, 5) is 12.3. The van der Waals surface area contributed by atoms with Crippen molar-refractivity contribution in [2.24, 2.45) is 5.92 Å². The van der Waals surface area contributed by atoms with E-state index in [2.05, 4.69) is 19.2 Å². The molecule has 1 atom stereocenters. The van der Waals surface area contributed by atoms with Crippen LogP contribution in [0, 0.1) is 17.2 Å². The highest BCUT2D eigenvalue weighted by atomic mass is 32.1. The van der Waals surface area contributed by atoms with Crippen molar-refractivity contribution >= 4 is 17.2 Å². The Bertz CT molecular complexity index is 472. The first-order chi connectivity index (χ1) is 8.85. The molecule has 0 bridgehead atoms. The van der Waals surface area contributed by atoms with Crippen LogP contribution in [-0.2, 0) is 0 Å². The maximum Gasteiger partial charge on any atom is 0.262 e. The molecular weight excluding hydrogens is 260 g/mol. The maximum absolute atomic E-state index is 11.9. The Morgan fingerprint density at radius 1 is 1.63 bits per heavy atom. The fourth-order valence-electron chi connectivity index (χ4n) is 1.61. The average molecular weight is 280 g/mol. The molecule has 1 rings (SSSR count). The smallest absolute Gasteiger partial charge is 0.262 e. The molecule has 2 N–H and O–H groups in total. The number of carbonyl (C=O) groups excluding carboxylic acids is 1. The number of rotatable bonds is 6. The van der Waals surface area contributed by atoms with Gasteiger partial charge in [0.2, 0.25) is 0 Å². The minimum atomic E-state index is -0.913. The van der Waals surface area contributed by atoms with Gasteiger partial charge in [0.05, 0.1) is 11.2 Å². The standard InChI is InChI=1S/C14H20N2O2S/c1-10(2)4-6-14(3,18)9-16-13(17)12-11(8-15)5-7-19-12/h5,7,10,18H,4,6,9H2,1-3H3,(H,16,17). The lowest BCUT2D eigenvalue weighted by Crippen LogP contribution is -2.40. The quantitative estimate of drug-likeness (QED) is 0.841. The third-order valence-electron chi connectivity index (χ3n) is 2.88. The van der Waals surface area contributed by atoms with E-state index in [-0.39, 0.29) is 12.5 Å². The normalized spacial score (nSPS) is 13.9. The molecule has 1 amide bonds. The van der Waals surface area contributed by atoms with Crippen LogP contribution >= 0.6 is 11.3 Å². The summed E-state index contributed by atoms with van der Waals surface area (Å²) in [5.74, 6) is 0.223. The van der Waals surface area contributed by atoms with Crippen LogP contribution < -0.4 is 5.32 Å². The zero-order chi connectivity index (χ0) is 14.5. The van der Waals surface area contributed by atoms with Crippen molar-refractivity contribution in [2.45, 2.75) is 39.2 Å². The number of thiophene rings is 1. The summed E-state index contributed by atoms with van der Waals surface area (Å²) >= 11 is 1.23. The highest BCUT2D eigenvalue weighted by Gasteiger charge is 2.22. The fourth-order valence-corrected chi connectivity index (χ4v) is 2.37. The van der Waals surface area contributed by atoms with Gasteiger partial charge in [-0.2, -0.15) is 5.26 Å². The van der Waals surface area contributed by atoms with E-state index in [1.54, 1.807) is 18.4 Å². The van der Waals surface area contributed by atoms with Crippen LogP contribution in [-0.4, -0.2) is 23.2 Å². The molecule has 1 heterocycles. The summed E-state index contributed by atoms with van der Waals surface area (Å²) in [5.41, 5.74) is -0.534. The second kappa shape index (κ2) is 6.69. The first kappa shape index (κ1) is 15.7. The summed E-state index contributed by atoms with van der Waals surface area (Å²) in [6.07, 6.45) is 1.55. The number of aliphatic hydroxyl groups is 1. The fraction of sp³-hybridized carbons (Fsp3) is 0.571. The van der Waals surface area contributed by atoms with Crippen LogP contribution in [0.2, 0.25) is 0 Å². The Labute approximate surface area is 118 Å². The topological polar surface area (TPSA) is 73.1 Å². The largest absolute Gasteiger partial charge is 0.388 e. The molecule has 0 aliphatic carbocycles. The predicted octanol–water partition coefficient (Wildman–Crippen LogP) is 2.54. The number of carbonyl (C=O) groups is 1. The highest BCUT2D eigenvalue weighted by molar-refractivity contribution is 7.12. The molecule has 1 aromatic heterocycles. The van der Waals surface area contributed by atoms with Crippen molar-refractivity contribution in [1.29, 1.82) is 5.26 Å². The van der Waals surface area contributed by atoms with Crippen molar-refractivity contribution in [2.75, 3.05) is 6.54 Å². The van der Waals surface area contributed by atoms with E-state index in [4.69, 9.17) is 5.26 Å². The van der Waals surface area contributed by atoms with Crippen LogP contribution in [0.25, 0.3) is 0 Å². The Balaban J connectivity index is 2.52. The number of hydrogen-bond acceptors (Lipinski definition) is 4. The summed E-state index contributed by atoms with van der Waals surface area (Å²) < 4.78 is 0. The summed E-state index contributed by atoms with van der Waals surface area (Å²) in [5, 5.41) is 23.4. The van der Waals surface area contributed by atoms with E-state index in [1.807, 2.05) is 6.07 Å². The van der Waals surface area contributed by atoms with Crippen molar-refractivity contribution < 1.29 is 9.90 Å². The lowest BCUT2D eigenvalue weighted by molar-refractivity contribution is 0.0430. The molecule has 0 spiro atoms. The van der Waals surface area contributed by atoms with E-state index in [9.17, 15) is 9.90 Å². The number of amides is 1. The minimum Gasteiger partial charge on any atom is -0.388 e. The van der Waals surface area contributed by atoms with Gasteiger partial charge in [0, 0.05) is 6.54 Å². The molecule has 0 aliphatic heterocycles. The molecule has 0 aliphatic rings. The Hall–Kier alpha value is -1.38. The highest BCUT2D eigenvalue weighted by Crippen LogP contribution is 2.18. The second-order valence-corrected chi connectivity index (χ2v) is 6.30. The Morgan fingerprint density at radius 3 is 2.89 bits per heavy atom. The van der Waals surface area contributed by atoms with Gasteiger partial charge in [0.25, 0.3) is 5.91 Å². The van der Waals surface area contributed by atoms with Gasteiger partial charge >= 0.3 is 0 Å². The third kappa shape index (κ3) is 5.01. The molecule has 0 saturated heterocycles. The first-order valence-electron chi connectivity index (χ1n) is 6.34. The van der Waals surface area contributed by atoms with Gasteiger partial charge in [0.15, 0.2) is 0 Å². The third-order valence-corrected chi connectivity index (χ3v) is 3.80. The van der Waals surface area contributed by atoms with Gasteiger partial charge in [-0.3, -0.25) is 4.79 Å².